The van der Waals surface area contributed by atoms with Crippen LogP contribution in [0.1, 0.15) is 30.1 Å². The summed E-state index contributed by atoms with van der Waals surface area (Å²) >= 11 is 3.41. The number of alkyl halides is 3. The Morgan fingerprint density at radius 1 is 1.00 bits per heavy atom. The summed E-state index contributed by atoms with van der Waals surface area (Å²) < 4.78 is 41.0. The largest absolute Gasteiger partial charge is 0.418 e. The number of nitrogens with zero attached hydrogens (tertiary/aromatic N) is 2. The predicted molar refractivity (Wildman–Crippen MR) is 89.7 cm³/mol. The van der Waals surface area contributed by atoms with E-state index in [0.717, 1.165) is 28.9 Å². The maximum atomic E-state index is 13.4. The molecule has 1 heterocycles. The van der Waals surface area contributed by atoms with Crippen molar-refractivity contribution in [2.45, 2.75) is 24.9 Å². The van der Waals surface area contributed by atoms with Gasteiger partial charge in [0, 0.05) is 21.3 Å². The highest BCUT2D eigenvalue weighted by Gasteiger charge is 2.35. The molecule has 1 fully saturated rings. The Morgan fingerprint density at radius 2 is 1.75 bits per heavy atom. The Kier molecular flexibility index (Phi) is 3.60. The van der Waals surface area contributed by atoms with Gasteiger partial charge in [-0.25, -0.2) is 9.97 Å². The molecule has 2 aromatic carbocycles. The van der Waals surface area contributed by atoms with Crippen LogP contribution in [0.5, 0.6) is 0 Å². The van der Waals surface area contributed by atoms with Gasteiger partial charge < -0.3 is 0 Å². The molecular formula is C18H12BrF3N2. The van der Waals surface area contributed by atoms with Gasteiger partial charge in [-0.15, -0.1) is 0 Å². The maximum absolute atomic E-state index is 13.4. The van der Waals surface area contributed by atoms with Crippen molar-refractivity contribution in [1.82, 2.24) is 9.97 Å². The van der Waals surface area contributed by atoms with Crippen LogP contribution in [0.3, 0.4) is 0 Å². The number of hydrogen-bond acceptors (Lipinski definition) is 2. The number of fused-ring (bicyclic) bond motifs is 1. The van der Waals surface area contributed by atoms with Gasteiger partial charge in [-0.2, -0.15) is 13.2 Å². The van der Waals surface area contributed by atoms with Crippen LogP contribution in [0.15, 0.2) is 46.9 Å². The lowest BCUT2D eigenvalue weighted by Crippen LogP contribution is -2.08. The second-order valence-electron chi connectivity index (χ2n) is 5.91. The van der Waals surface area contributed by atoms with Crippen LogP contribution in [-0.2, 0) is 6.18 Å². The summed E-state index contributed by atoms with van der Waals surface area (Å²) in [6, 6.07) is 11.6. The second-order valence-corrected chi connectivity index (χ2v) is 6.83. The van der Waals surface area contributed by atoms with Crippen LogP contribution >= 0.6 is 15.9 Å². The van der Waals surface area contributed by atoms with E-state index in [4.69, 9.17) is 0 Å². The van der Waals surface area contributed by atoms with Crippen LogP contribution in [0.2, 0.25) is 0 Å². The Bertz CT molecular complexity index is 933. The minimum absolute atomic E-state index is 0.0168. The van der Waals surface area contributed by atoms with E-state index in [9.17, 15) is 13.2 Å². The predicted octanol–water partition coefficient (Wildman–Crippen LogP) is 5.96. The van der Waals surface area contributed by atoms with Crippen molar-refractivity contribution in [3.63, 3.8) is 0 Å². The lowest BCUT2D eigenvalue weighted by Gasteiger charge is -2.13. The fraction of sp³-hybridized carbons (Fsp3) is 0.222. The third-order valence-electron chi connectivity index (χ3n) is 4.09. The summed E-state index contributed by atoms with van der Waals surface area (Å²) in [5.74, 6) is 0.677. The molecule has 4 rings (SSSR count). The van der Waals surface area contributed by atoms with Crippen LogP contribution in [0.4, 0.5) is 13.2 Å². The smallest absolute Gasteiger partial charge is 0.232 e. The molecule has 0 saturated heterocycles. The minimum Gasteiger partial charge on any atom is -0.232 e. The molecule has 1 aromatic heterocycles. The molecule has 0 unspecified atom stereocenters. The number of halogens is 4. The molecular weight excluding hydrogens is 381 g/mol. The second kappa shape index (κ2) is 5.55. The zero-order valence-electron chi connectivity index (χ0n) is 12.4. The van der Waals surface area contributed by atoms with E-state index in [1.54, 1.807) is 6.07 Å². The van der Waals surface area contributed by atoms with Gasteiger partial charge in [-0.1, -0.05) is 40.2 Å². The molecule has 0 N–H and O–H groups in total. The lowest BCUT2D eigenvalue weighted by atomic mass is 10.0. The molecule has 122 valence electrons. The normalized spacial score (nSPS) is 15.0. The van der Waals surface area contributed by atoms with Crippen LogP contribution in [0, 0.1) is 0 Å². The van der Waals surface area contributed by atoms with E-state index in [-0.39, 0.29) is 11.4 Å². The van der Waals surface area contributed by atoms with Gasteiger partial charge >= 0.3 is 6.18 Å². The first-order chi connectivity index (χ1) is 11.4. The summed E-state index contributed by atoms with van der Waals surface area (Å²) in [5, 5.41) is 0.423. The zero-order chi connectivity index (χ0) is 16.9. The monoisotopic (exact) mass is 392 g/mol. The molecule has 0 spiro atoms. The SMILES string of the molecule is FC(F)(F)c1cccc2c(-c3cccc(Br)c3)nc(C3CC3)nc12. The Hall–Kier alpha value is -1.95. The number of rotatable bonds is 2. The van der Waals surface area contributed by atoms with E-state index in [2.05, 4.69) is 25.9 Å². The number of para-hydroxylation sites is 1. The Balaban J connectivity index is 2.05. The number of aromatic nitrogens is 2. The highest BCUT2D eigenvalue weighted by Crippen LogP contribution is 2.42. The third-order valence-corrected chi connectivity index (χ3v) is 4.58. The molecule has 0 bridgehead atoms. The molecule has 0 aliphatic heterocycles. The van der Waals surface area contributed by atoms with Crippen LogP contribution in [-0.4, -0.2) is 9.97 Å². The van der Waals surface area contributed by atoms with E-state index in [1.807, 2.05) is 24.3 Å². The first-order valence-corrected chi connectivity index (χ1v) is 8.36. The van der Waals surface area contributed by atoms with Gasteiger partial charge in [-0.05, 0) is 31.0 Å². The maximum Gasteiger partial charge on any atom is 0.418 e. The average Bonchev–Trinajstić information content (AvgIpc) is 3.37. The van der Waals surface area contributed by atoms with Crippen molar-refractivity contribution >= 4 is 26.8 Å². The molecule has 0 amide bonds. The van der Waals surface area contributed by atoms with Crippen molar-refractivity contribution in [3.8, 4) is 11.3 Å². The highest BCUT2D eigenvalue weighted by atomic mass is 79.9. The summed E-state index contributed by atoms with van der Waals surface area (Å²) in [5.41, 5.74) is 0.602. The van der Waals surface area contributed by atoms with Gasteiger partial charge in [0.05, 0.1) is 16.8 Å². The number of benzene rings is 2. The molecule has 6 heteroatoms. The molecule has 1 saturated carbocycles. The van der Waals surface area contributed by atoms with Gasteiger partial charge in [0.15, 0.2) is 0 Å². The first kappa shape index (κ1) is 15.6. The highest BCUT2D eigenvalue weighted by molar-refractivity contribution is 9.10. The summed E-state index contributed by atoms with van der Waals surface area (Å²) in [4.78, 5) is 8.87. The summed E-state index contributed by atoms with van der Waals surface area (Å²) in [6.45, 7) is 0. The standard InChI is InChI=1S/C18H12BrF3N2/c19-12-4-1-3-11(9-12)15-13-5-2-6-14(18(20,21)22)16(13)24-17(23-15)10-7-8-10/h1-6,9-10H,7-8H2. The minimum atomic E-state index is -4.44. The van der Waals surface area contributed by atoms with Crippen molar-refractivity contribution in [1.29, 1.82) is 0 Å². The molecule has 2 nitrogen and oxygen atoms in total. The molecule has 24 heavy (non-hydrogen) atoms. The van der Waals surface area contributed by atoms with E-state index >= 15 is 0 Å². The molecule has 0 radical (unpaired) electrons. The van der Waals surface area contributed by atoms with Crippen molar-refractivity contribution in [2.75, 3.05) is 0 Å². The third kappa shape index (κ3) is 2.79. The van der Waals surface area contributed by atoms with E-state index in [1.165, 1.54) is 6.07 Å². The fourth-order valence-corrected chi connectivity index (χ4v) is 3.18. The molecule has 0 atom stereocenters. The van der Waals surface area contributed by atoms with Crippen molar-refractivity contribution in [2.24, 2.45) is 0 Å². The fourth-order valence-electron chi connectivity index (χ4n) is 2.78. The zero-order valence-corrected chi connectivity index (χ0v) is 14.0. The van der Waals surface area contributed by atoms with Gasteiger partial charge in [0.25, 0.3) is 0 Å². The topological polar surface area (TPSA) is 25.8 Å². The van der Waals surface area contributed by atoms with E-state index in [0.29, 0.717) is 16.9 Å². The van der Waals surface area contributed by atoms with Gasteiger partial charge in [0.2, 0.25) is 0 Å². The molecule has 1 aliphatic carbocycles. The Morgan fingerprint density at radius 3 is 2.42 bits per heavy atom. The Labute approximate surface area is 144 Å². The molecule has 1 aliphatic rings. The van der Waals surface area contributed by atoms with Crippen molar-refractivity contribution < 1.29 is 13.2 Å². The molecule has 3 aromatic rings. The summed E-state index contributed by atoms with van der Waals surface area (Å²) in [7, 11) is 0. The average molecular weight is 393 g/mol. The van der Waals surface area contributed by atoms with Crippen molar-refractivity contribution in [3.05, 3.63) is 58.3 Å². The first-order valence-electron chi connectivity index (χ1n) is 7.57. The lowest BCUT2D eigenvalue weighted by molar-refractivity contribution is -0.136. The van der Waals surface area contributed by atoms with Gasteiger partial charge in [-0.3, -0.25) is 0 Å². The summed E-state index contributed by atoms with van der Waals surface area (Å²) in [6.07, 6.45) is -2.58. The number of hydrogen-bond donors (Lipinski definition) is 0. The van der Waals surface area contributed by atoms with Crippen LogP contribution in [0.25, 0.3) is 22.2 Å². The van der Waals surface area contributed by atoms with E-state index < -0.39 is 11.7 Å². The quantitative estimate of drug-likeness (QED) is 0.537. The van der Waals surface area contributed by atoms with Gasteiger partial charge in [0.1, 0.15) is 5.82 Å². The van der Waals surface area contributed by atoms with Crippen LogP contribution < -0.4 is 0 Å².